The molecule has 0 atom stereocenters. The molecule has 0 spiro atoms. The number of carbonyl (C=O) groups excluding carboxylic acids is 2. The molecule has 0 saturated carbocycles. The van der Waals surface area contributed by atoms with Crippen molar-refractivity contribution in [3.05, 3.63) is 412 Å². The van der Waals surface area contributed by atoms with Gasteiger partial charge in [-0.25, -0.2) is 0 Å². The molecule has 0 saturated heterocycles. The molecule has 0 bridgehead atoms. The van der Waals surface area contributed by atoms with Crippen LogP contribution in [-0.4, -0.2) is 112 Å². The van der Waals surface area contributed by atoms with Crippen molar-refractivity contribution >= 4 is 227 Å². The van der Waals surface area contributed by atoms with E-state index in [-0.39, 0.29) is 117 Å². The number of benzene rings is 16. The molecule has 150 heavy (non-hydrogen) atoms. The molecule has 0 amide bonds. The van der Waals surface area contributed by atoms with Crippen LogP contribution in [0, 0.1) is 24.3 Å². The number of ketones is 2. The summed E-state index contributed by atoms with van der Waals surface area (Å²) in [5.74, 6) is -0.125. The standard InChI is InChI=1S/2C29H21BN3.2C29H21N4.2C5H8O2.4Ir/c2*1-32-25-13-7-4-10-21(25)30-22-11-5-8-14-26(22)33(2)28-18-20(17-27(32)29(28)30)24-16-15-19-9-3-6-12-23(19)31-24;2*1-31-23-11-5-7-13-25(23)33-26-14-8-6-12-24(26)32(2)28-18-20(17-27(31)29(28)33)22-16-15-19-9-3-4-10-21(19)30-22;2*1-4(6)3-5(2)7;;;;/h4*3-17H,1-2H3;2*3,6H,1-2H3;;;;/q4*-1;;;;;;. The number of rotatable bonds is 6. The van der Waals surface area contributed by atoms with Crippen LogP contribution in [0.5, 0.6) is 0 Å². The van der Waals surface area contributed by atoms with Crippen LogP contribution < -0.4 is 81.8 Å². The van der Waals surface area contributed by atoms with Crippen molar-refractivity contribution in [1.82, 2.24) is 19.9 Å². The third kappa shape index (κ3) is 18.4. The molecule has 744 valence electrons. The van der Waals surface area contributed by atoms with Crippen molar-refractivity contribution in [2.75, 3.05) is 105 Å². The number of para-hydroxylation sites is 16. The topological polar surface area (TPSA) is 159 Å². The van der Waals surface area contributed by atoms with E-state index < -0.39 is 0 Å². The third-order valence-corrected chi connectivity index (χ3v) is 28.6. The number of aliphatic hydroxyl groups excluding tert-OH is 2. The van der Waals surface area contributed by atoms with E-state index in [2.05, 4.69) is 457 Å². The van der Waals surface area contributed by atoms with Crippen LogP contribution in [-0.2, 0) is 90.0 Å². The van der Waals surface area contributed by atoms with Crippen LogP contribution in [0.25, 0.3) is 88.6 Å². The molecule has 4 aromatic heterocycles. The SMILES string of the molecule is CC(=O)C=C(C)O.CC(=O)C=C(C)O.CN1c2[c-]c(-c3ccc4ccccc4n3)cc3c2B(c2ccccc21)c1ccccc1N3C.CN1c2[c-]c(-c3ccc4ccccc4n3)cc3c2B(c2ccccc21)c1ccccc1N3C.CN1c2[c-]c(-c3ccc4ccccc4n3)cc3c2N(c2ccccc21)c1ccccc1N3C.CN1c2[c-]c(-c3ccc4ccccc4n3)cc3c2N(c2ccccc21)c1ccccc1N3C.[Ir].[Ir].[Ir].[Ir]. The van der Waals surface area contributed by atoms with Crippen molar-refractivity contribution in [1.29, 1.82) is 0 Å². The fraction of sp³-hybridized carbons (Fsp3) is 0.0952. The zero-order valence-corrected chi connectivity index (χ0v) is 93.8. The third-order valence-electron chi connectivity index (χ3n) is 28.6. The van der Waals surface area contributed by atoms with Gasteiger partial charge in [-0.2, -0.15) is 0 Å². The van der Waals surface area contributed by atoms with Gasteiger partial charge in [0.2, 0.25) is 0 Å². The number of hydrogen-bond acceptors (Lipinski definition) is 18. The summed E-state index contributed by atoms with van der Waals surface area (Å²) in [5, 5.41) is 21.3. The van der Waals surface area contributed by atoms with Gasteiger partial charge in [0, 0.05) is 183 Å². The molecule has 4 radical (unpaired) electrons. The average Bonchev–Trinajstić information content (AvgIpc) is 0.719. The summed E-state index contributed by atoms with van der Waals surface area (Å²) in [7, 11) is 17.2. The Kier molecular flexibility index (Phi) is 29.2. The minimum atomic E-state index is -0.125. The van der Waals surface area contributed by atoms with Crippen LogP contribution in [0.1, 0.15) is 27.7 Å². The first-order valence-electron chi connectivity index (χ1n) is 48.9. The number of allylic oxidation sites excluding steroid dienone is 4. The second-order valence-corrected chi connectivity index (χ2v) is 37.7. The Balaban J connectivity index is 0.000000119. The van der Waals surface area contributed by atoms with Gasteiger partial charge < -0.3 is 59.2 Å². The Bertz CT molecular complexity index is 7530. The van der Waals surface area contributed by atoms with Gasteiger partial charge in [-0.1, -0.05) is 275 Å². The first-order chi connectivity index (χ1) is 71.1. The zero-order valence-electron chi connectivity index (χ0n) is 84.3. The maximum atomic E-state index is 10.0. The monoisotopic (exact) mass is 2670 g/mol. The van der Waals surface area contributed by atoms with E-state index in [9.17, 15) is 9.59 Å². The van der Waals surface area contributed by atoms with Crippen molar-refractivity contribution in [3.63, 3.8) is 0 Å². The van der Waals surface area contributed by atoms with E-state index in [4.69, 9.17) is 30.1 Å². The quantitative estimate of drug-likeness (QED) is 0.0700. The van der Waals surface area contributed by atoms with Gasteiger partial charge >= 0.3 is 0 Å². The van der Waals surface area contributed by atoms with Crippen molar-refractivity contribution < 1.29 is 100 Å². The largest absolute Gasteiger partial charge is 0.512 e. The second-order valence-electron chi connectivity index (χ2n) is 37.7. The van der Waals surface area contributed by atoms with Gasteiger partial charge in [-0.3, -0.25) is 29.5 Å². The molecule has 28 rings (SSSR count). The normalized spacial score (nSPS) is 13.0. The number of nitrogens with zero attached hydrogens (tertiary/aromatic N) is 14. The maximum absolute atomic E-state index is 10.0. The molecule has 16 aromatic carbocycles. The summed E-state index contributed by atoms with van der Waals surface area (Å²) in [6, 6.07) is 143. The van der Waals surface area contributed by atoms with E-state index in [1.54, 1.807) is 0 Å². The van der Waals surface area contributed by atoms with Gasteiger partial charge in [-0.15, -0.1) is 70.8 Å². The summed E-state index contributed by atoms with van der Waals surface area (Å²) in [4.78, 5) is 63.0. The molecule has 18 nitrogen and oxygen atoms in total. The van der Waals surface area contributed by atoms with Gasteiger partial charge in [0.1, 0.15) is 0 Å². The minimum Gasteiger partial charge on any atom is -0.512 e. The molecule has 24 heteroatoms. The van der Waals surface area contributed by atoms with Crippen LogP contribution in [0.2, 0.25) is 0 Å². The molecule has 12 heterocycles. The Morgan fingerprint density at radius 1 is 0.240 bits per heavy atom. The van der Waals surface area contributed by atoms with Crippen LogP contribution in [0.3, 0.4) is 0 Å². The number of fused-ring (bicyclic) bond motifs is 20. The summed E-state index contributed by atoms with van der Waals surface area (Å²) >= 11 is 0. The molecule has 2 N–H and O–H groups in total. The summed E-state index contributed by atoms with van der Waals surface area (Å²) in [6.07, 6.45) is 2.33. The molecule has 0 fully saturated rings. The molecule has 8 aliphatic heterocycles. The number of carbonyl (C=O) groups is 2. The van der Waals surface area contributed by atoms with Gasteiger partial charge in [0.15, 0.2) is 25.0 Å². The fourth-order valence-electron chi connectivity index (χ4n) is 21.9. The van der Waals surface area contributed by atoms with Crippen LogP contribution >= 0.6 is 0 Å². The molecule has 0 aliphatic carbocycles. The summed E-state index contributed by atoms with van der Waals surface area (Å²) in [6.45, 7) is 6.09. The number of pyridine rings is 4. The first kappa shape index (κ1) is 103. The predicted molar refractivity (Wildman–Crippen MR) is 607 cm³/mol. The predicted octanol–water partition coefficient (Wildman–Crippen LogP) is 25.5. The number of anilines is 22. The van der Waals surface area contributed by atoms with Crippen LogP contribution in [0.15, 0.2) is 388 Å². The average molecular weight is 2660 g/mol. The molecule has 8 aliphatic rings. The van der Waals surface area contributed by atoms with Crippen molar-refractivity contribution in [3.8, 4) is 45.0 Å². The van der Waals surface area contributed by atoms with E-state index in [1.165, 1.54) is 141 Å². The Morgan fingerprint density at radius 2 is 0.447 bits per heavy atom. The summed E-state index contributed by atoms with van der Waals surface area (Å²) in [5.41, 5.74) is 45.6. The van der Waals surface area contributed by atoms with E-state index in [0.29, 0.717) is 0 Å². The Labute approximate surface area is 928 Å². The van der Waals surface area contributed by atoms with Crippen molar-refractivity contribution in [2.24, 2.45) is 0 Å². The van der Waals surface area contributed by atoms with E-state index >= 15 is 0 Å². The first-order valence-corrected chi connectivity index (χ1v) is 48.9. The van der Waals surface area contributed by atoms with Gasteiger partial charge in [0.05, 0.1) is 79.1 Å². The number of hydrogen-bond donors (Lipinski definition) is 2. The minimum absolute atomic E-state index is 0. The maximum Gasteiger partial charge on any atom is 0.200 e. The Morgan fingerprint density at radius 3 is 0.707 bits per heavy atom. The fourth-order valence-corrected chi connectivity index (χ4v) is 21.9. The van der Waals surface area contributed by atoms with Gasteiger partial charge in [0.25, 0.3) is 0 Å². The van der Waals surface area contributed by atoms with E-state index in [1.807, 2.05) is 36.4 Å². The summed E-state index contributed by atoms with van der Waals surface area (Å²) < 4.78 is 0. The number of aliphatic hydroxyl groups is 2. The molecule has 20 aromatic rings. The molecular weight excluding hydrogens is 2560 g/mol. The number of aromatic nitrogens is 4. The van der Waals surface area contributed by atoms with Gasteiger partial charge in [-0.05, 0) is 215 Å². The van der Waals surface area contributed by atoms with Crippen molar-refractivity contribution in [2.45, 2.75) is 27.7 Å². The molecule has 0 unspecified atom stereocenters. The second kappa shape index (κ2) is 42.5. The zero-order chi connectivity index (χ0) is 100. The smallest absolute Gasteiger partial charge is 0.200 e. The molecular formula is C126H100B2Ir4N14O4-4. The Hall–Kier alpha value is -15.7. The van der Waals surface area contributed by atoms with Crippen LogP contribution in [0.4, 0.5) is 125 Å². The van der Waals surface area contributed by atoms with E-state index in [0.717, 1.165) is 146 Å².